The third-order valence-electron chi connectivity index (χ3n) is 5.27. The molecule has 32 heavy (non-hydrogen) atoms. The molecule has 166 valence electrons. The molecule has 0 radical (unpaired) electrons. The average molecular weight is 471 g/mol. The maximum atomic E-state index is 12.3. The first kappa shape index (κ1) is 22.4. The van der Waals surface area contributed by atoms with Crippen LogP contribution in [0.5, 0.6) is 5.75 Å². The Balaban J connectivity index is 1.38. The molecule has 6 nitrogen and oxygen atoms in total. The van der Waals surface area contributed by atoms with Gasteiger partial charge >= 0.3 is 0 Å². The Labute approximate surface area is 197 Å². The number of nitrogens with one attached hydrogen (secondary N) is 1. The fourth-order valence-corrected chi connectivity index (χ4v) is 3.97. The van der Waals surface area contributed by atoms with Gasteiger partial charge in [0, 0.05) is 35.4 Å². The van der Waals surface area contributed by atoms with E-state index in [0.29, 0.717) is 21.5 Å². The van der Waals surface area contributed by atoms with Gasteiger partial charge in [0.05, 0.1) is 10.7 Å². The second kappa shape index (κ2) is 10.7. The molecule has 1 amide bonds. The molecule has 3 aromatic rings. The lowest BCUT2D eigenvalue weighted by atomic mass is 10.1. The molecule has 4 rings (SSSR count). The number of benzene rings is 2. The van der Waals surface area contributed by atoms with Gasteiger partial charge in [0.25, 0.3) is 5.91 Å². The van der Waals surface area contributed by atoms with E-state index < -0.39 is 0 Å². The average Bonchev–Trinajstić information content (AvgIpc) is 3.10. The fraction of sp³-hybridized carbons (Fsp3) is 0.292. The highest BCUT2D eigenvalue weighted by atomic mass is 35.5. The molecule has 0 saturated carbocycles. The van der Waals surface area contributed by atoms with Crippen LogP contribution in [0.25, 0.3) is 11.3 Å². The number of nitrogens with zero attached hydrogens (tertiary/aromatic N) is 3. The second-order valence-corrected chi connectivity index (χ2v) is 8.51. The van der Waals surface area contributed by atoms with E-state index in [2.05, 4.69) is 20.4 Å². The monoisotopic (exact) mass is 470 g/mol. The van der Waals surface area contributed by atoms with E-state index in [-0.39, 0.29) is 12.5 Å². The van der Waals surface area contributed by atoms with Crippen LogP contribution in [-0.4, -0.2) is 35.8 Å². The van der Waals surface area contributed by atoms with Crippen molar-refractivity contribution in [1.82, 2.24) is 10.2 Å². The van der Waals surface area contributed by atoms with E-state index in [4.69, 9.17) is 27.9 Å². The number of anilines is 2. The largest absolute Gasteiger partial charge is 0.482 e. The van der Waals surface area contributed by atoms with Crippen LogP contribution in [0, 0.1) is 0 Å². The normalized spacial score (nSPS) is 14.0. The number of hydrogen-bond acceptors (Lipinski definition) is 5. The van der Waals surface area contributed by atoms with Gasteiger partial charge in [0.1, 0.15) is 5.75 Å². The van der Waals surface area contributed by atoms with Gasteiger partial charge in [0.15, 0.2) is 12.4 Å². The lowest BCUT2D eigenvalue weighted by molar-refractivity contribution is -0.118. The molecular weight excluding hydrogens is 447 g/mol. The van der Waals surface area contributed by atoms with E-state index in [1.807, 2.05) is 36.4 Å². The van der Waals surface area contributed by atoms with Crippen LogP contribution in [0.4, 0.5) is 11.5 Å². The van der Waals surface area contributed by atoms with Gasteiger partial charge in [-0.2, -0.15) is 0 Å². The summed E-state index contributed by atoms with van der Waals surface area (Å²) in [6.45, 7) is 1.87. The molecule has 0 spiro atoms. The Morgan fingerprint density at radius 1 is 0.969 bits per heavy atom. The quantitative estimate of drug-likeness (QED) is 0.489. The molecule has 2 aromatic carbocycles. The summed E-state index contributed by atoms with van der Waals surface area (Å²) in [6.07, 6.45) is 4.94. The van der Waals surface area contributed by atoms with E-state index in [0.717, 1.165) is 30.2 Å². The maximum absolute atomic E-state index is 12.3. The minimum absolute atomic E-state index is 0.186. The molecular formula is C24H24Cl2N4O2. The number of halogens is 2. The SMILES string of the molecule is O=C(COc1cc(Cl)ccc1Cl)Nc1cccc(-c2ccc(N3CCCCCC3)nn2)c1. The lowest BCUT2D eigenvalue weighted by Gasteiger charge is -2.20. The van der Waals surface area contributed by atoms with Crippen molar-refractivity contribution in [3.8, 4) is 17.0 Å². The first-order chi connectivity index (χ1) is 15.6. The van der Waals surface area contributed by atoms with Crippen molar-refractivity contribution in [3.63, 3.8) is 0 Å². The van der Waals surface area contributed by atoms with Crippen LogP contribution in [0.3, 0.4) is 0 Å². The summed E-state index contributed by atoms with van der Waals surface area (Å²) in [4.78, 5) is 14.6. The Hall–Kier alpha value is -2.83. The lowest BCUT2D eigenvalue weighted by Crippen LogP contribution is -2.25. The predicted molar refractivity (Wildman–Crippen MR) is 129 cm³/mol. The van der Waals surface area contributed by atoms with Crippen molar-refractivity contribution in [1.29, 1.82) is 0 Å². The molecule has 1 aliphatic heterocycles. The van der Waals surface area contributed by atoms with Gasteiger partial charge < -0.3 is 15.0 Å². The van der Waals surface area contributed by atoms with E-state index in [1.54, 1.807) is 18.2 Å². The third-order valence-corrected chi connectivity index (χ3v) is 5.82. The number of carbonyl (C=O) groups excluding carboxylic acids is 1. The summed E-state index contributed by atoms with van der Waals surface area (Å²) < 4.78 is 5.49. The van der Waals surface area contributed by atoms with Crippen LogP contribution >= 0.6 is 23.2 Å². The third kappa shape index (κ3) is 5.90. The summed E-state index contributed by atoms with van der Waals surface area (Å²) >= 11 is 12.0. The molecule has 8 heteroatoms. The zero-order valence-corrected chi connectivity index (χ0v) is 19.1. The highest BCUT2D eigenvalue weighted by Gasteiger charge is 2.12. The first-order valence-corrected chi connectivity index (χ1v) is 11.4. The summed E-state index contributed by atoms with van der Waals surface area (Å²) in [6, 6.07) is 16.3. The van der Waals surface area contributed by atoms with Gasteiger partial charge in [0.2, 0.25) is 0 Å². The van der Waals surface area contributed by atoms with Gasteiger partial charge in [-0.05, 0) is 49.2 Å². The summed E-state index contributed by atoms with van der Waals surface area (Å²) in [5, 5.41) is 12.6. The zero-order valence-electron chi connectivity index (χ0n) is 17.6. The smallest absolute Gasteiger partial charge is 0.262 e. The number of amides is 1. The topological polar surface area (TPSA) is 67.3 Å². The van der Waals surface area contributed by atoms with Gasteiger partial charge in [-0.1, -0.05) is 48.2 Å². The molecule has 0 atom stereocenters. The van der Waals surface area contributed by atoms with Crippen LogP contribution in [0.15, 0.2) is 54.6 Å². The second-order valence-electron chi connectivity index (χ2n) is 7.67. The maximum Gasteiger partial charge on any atom is 0.262 e. The summed E-state index contributed by atoms with van der Waals surface area (Å²) in [5.41, 5.74) is 2.27. The number of carbonyl (C=O) groups is 1. The minimum Gasteiger partial charge on any atom is -0.482 e. The van der Waals surface area contributed by atoms with Gasteiger partial charge in [-0.25, -0.2) is 0 Å². The Morgan fingerprint density at radius 3 is 2.53 bits per heavy atom. The molecule has 1 aliphatic rings. The van der Waals surface area contributed by atoms with E-state index in [1.165, 1.54) is 25.7 Å². The van der Waals surface area contributed by atoms with E-state index >= 15 is 0 Å². The van der Waals surface area contributed by atoms with Crippen LogP contribution in [0.1, 0.15) is 25.7 Å². The standard InChI is InChI=1S/C24H24Cl2N4O2/c25-18-8-9-20(26)22(15-18)32-16-24(31)27-19-7-5-6-17(14-19)21-10-11-23(29-28-21)30-12-3-1-2-4-13-30/h5-11,14-15H,1-4,12-13,16H2,(H,27,31). The van der Waals surface area contributed by atoms with Crippen molar-refractivity contribution in [2.45, 2.75) is 25.7 Å². The van der Waals surface area contributed by atoms with Crippen molar-refractivity contribution in [2.24, 2.45) is 0 Å². The predicted octanol–water partition coefficient (Wildman–Crippen LogP) is 5.85. The van der Waals surface area contributed by atoms with Crippen LogP contribution in [0.2, 0.25) is 10.0 Å². The first-order valence-electron chi connectivity index (χ1n) is 10.7. The van der Waals surface area contributed by atoms with Crippen molar-refractivity contribution < 1.29 is 9.53 Å². The van der Waals surface area contributed by atoms with E-state index in [9.17, 15) is 4.79 Å². The van der Waals surface area contributed by atoms with Gasteiger partial charge in [-0.3, -0.25) is 4.79 Å². The molecule has 1 aromatic heterocycles. The molecule has 0 bridgehead atoms. The van der Waals surface area contributed by atoms with Crippen molar-refractivity contribution in [2.75, 3.05) is 29.9 Å². The molecule has 1 N–H and O–H groups in total. The fourth-order valence-electron chi connectivity index (χ4n) is 3.63. The van der Waals surface area contributed by atoms with Crippen LogP contribution in [-0.2, 0) is 4.79 Å². The minimum atomic E-state index is -0.305. The highest BCUT2D eigenvalue weighted by Crippen LogP contribution is 2.28. The molecule has 2 heterocycles. The number of rotatable bonds is 6. The summed E-state index contributed by atoms with van der Waals surface area (Å²) in [5.74, 6) is 0.973. The zero-order chi connectivity index (χ0) is 22.3. The Morgan fingerprint density at radius 2 is 1.78 bits per heavy atom. The molecule has 1 saturated heterocycles. The summed E-state index contributed by atoms with van der Waals surface area (Å²) in [7, 11) is 0. The highest BCUT2D eigenvalue weighted by molar-refractivity contribution is 6.34. The van der Waals surface area contributed by atoms with Crippen LogP contribution < -0.4 is 15.0 Å². The number of ether oxygens (including phenoxy) is 1. The van der Waals surface area contributed by atoms with Crippen molar-refractivity contribution in [3.05, 3.63) is 64.6 Å². The Bertz CT molecular complexity index is 1070. The Kier molecular flexibility index (Phi) is 7.45. The molecule has 1 fully saturated rings. The molecule has 0 unspecified atom stereocenters. The molecule has 0 aliphatic carbocycles. The number of hydrogen-bond donors (Lipinski definition) is 1. The van der Waals surface area contributed by atoms with Gasteiger partial charge in [-0.15, -0.1) is 10.2 Å². The van der Waals surface area contributed by atoms with Crippen molar-refractivity contribution >= 4 is 40.6 Å². The number of aromatic nitrogens is 2.